The summed E-state index contributed by atoms with van der Waals surface area (Å²) in [4.78, 5) is 19.8. The van der Waals surface area contributed by atoms with E-state index in [9.17, 15) is 19.8 Å². The summed E-state index contributed by atoms with van der Waals surface area (Å²) >= 11 is 0. The molecule has 0 bridgehead atoms. The third-order valence-electron chi connectivity index (χ3n) is 1.22. The molecule has 6 heteroatoms. The minimum absolute atomic E-state index is 0. The zero-order chi connectivity index (χ0) is 16.7. The molecule has 0 aromatic carbocycles. The molecule has 4 N–H and O–H groups in total. The predicted octanol–water partition coefficient (Wildman–Crippen LogP) is 0.263. The Balaban J connectivity index is -0.0000000952. The van der Waals surface area contributed by atoms with E-state index in [1.165, 1.54) is 0 Å². The quantitative estimate of drug-likeness (QED) is 0.645. The number of carboxylic acids is 2. The van der Waals surface area contributed by atoms with Crippen LogP contribution in [0.4, 0.5) is 0 Å². The summed E-state index contributed by atoms with van der Waals surface area (Å²) in [5.41, 5.74) is -1.39. The highest BCUT2D eigenvalue weighted by Crippen LogP contribution is 2.09. The van der Waals surface area contributed by atoms with Gasteiger partial charge < -0.3 is 30.4 Å². The highest BCUT2D eigenvalue weighted by molar-refractivity contribution is 5.70. The number of hydrogen-bond donors (Lipinski definition) is 1. The van der Waals surface area contributed by atoms with Crippen molar-refractivity contribution in [2.24, 2.45) is 10.8 Å². The molecule has 0 aromatic heterocycles. The average Bonchev–Trinajstić information content (AvgIpc) is 1.97. The van der Waals surface area contributed by atoms with Gasteiger partial charge in [0, 0.05) is 22.8 Å². The number of carbonyl (C=O) groups excluding carboxylic acids is 2. The maximum Gasteiger partial charge on any atom is 0.0675 e. The fourth-order valence-electron chi connectivity index (χ4n) is 0. The molecule has 0 rings (SSSR count). The van der Waals surface area contributed by atoms with Gasteiger partial charge in [-0.3, -0.25) is 0 Å². The van der Waals surface area contributed by atoms with Crippen LogP contribution < -0.4 is 16.4 Å². The molecule has 0 unspecified atom stereocenters. The molecule has 0 aliphatic carbocycles. The van der Waals surface area contributed by atoms with Crippen molar-refractivity contribution in [3.63, 3.8) is 0 Å². The molecule has 0 saturated heterocycles. The van der Waals surface area contributed by atoms with Crippen LogP contribution in [0.15, 0.2) is 0 Å². The fraction of sp³-hybridized carbons (Fsp3) is 0.857. The van der Waals surface area contributed by atoms with E-state index in [-0.39, 0.29) is 6.15 Å². The standard InChI is InChI=1S/2C5H10O2.C4H12N.H3N/c2*1-5(2,3)4(6)7;1-5(2,3)4;/h2*1-3H3,(H,6,7);1-4H3;1H3/q;;+1;/p-1. The zero-order valence-electron chi connectivity index (χ0n) is 15.1. The second-order valence-electron chi connectivity index (χ2n) is 7.76. The lowest BCUT2D eigenvalue weighted by Gasteiger charge is -2.18. The van der Waals surface area contributed by atoms with Gasteiger partial charge in [0.05, 0.1) is 28.2 Å². The molecular weight excluding hydrogens is 260 g/mol. The summed E-state index contributed by atoms with van der Waals surface area (Å²) in [6.45, 7) is 9.60. The van der Waals surface area contributed by atoms with Crippen molar-refractivity contribution in [2.75, 3.05) is 28.2 Å². The van der Waals surface area contributed by atoms with Crippen molar-refractivity contribution in [1.29, 1.82) is 0 Å². The maximum absolute atomic E-state index is 9.91. The van der Waals surface area contributed by atoms with Crippen LogP contribution in [-0.2, 0) is 9.59 Å². The van der Waals surface area contributed by atoms with Gasteiger partial charge in [-0.25, -0.2) is 0 Å². The molecule has 0 aliphatic heterocycles. The molecule has 0 aromatic rings. The van der Waals surface area contributed by atoms with Gasteiger partial charge in [-0.15, -0.1) is 0 Å². The third kappa shape index (κ3) is 36.0. The Bertz CT molecular complexity index is 251. The van der Waals surface area contributed by atoms with E-state index >= 15 is 0 Å². The summed E-state index contributed by atoms with van der Waals surface area (Å²) in [5, 5.41) is 19.8. The van der Waals surface area contributed by atoms with Crippen LogP contribution in [-0.4, -0.2) is 44.6 Å². The Labute approximate surface area is 124 Å². The van der Waals surface area contributed by atoms with Crippen molar-refractivity contribution in [2.45, 2.75) is 41.5 Å². The number of quaternary nitrogens is 2. The Morgan fingerprint density at radius 3 is 0.750 bits per heavy atom. The largest absolute Gasteiger partial charge is 0.550 e. The third-order valence-corrected chi connectivity index (χ3v) is 1.22. The van der Waals surface area contributed by atoms with Gasteiger partial charge >= 0.3 is 0 Å². The zero-order valence-corrected chi connectivity index (χ0v) is 15.1. The molecule has 0 radical (unpaired) electrons. The van der Waals surface area contributed by atoms with Crippen LogP contribution in [0.3, 0.4) is 0 Å². The molecule has 20 heavy (non-hydrogen) atoms. The number of carboxylic acid groups (broad SMARTS) is 2. The lowest BCUT2D eigenvalue weighted by atomic mass is 9.98. The first kappa shape index (κ1) is 27.2. The van der Waals surface area contributed by atoms with Crippen molar-refractivity contribution >= 4 is 11.9 Å². The van der Waals surface area contributed by atoms with Gasteiger partial charge in [0.15, 0.2) is 0 Å². The molecule has 0 fully saturated rings. The number of aliphatic carboxylic acids is 2. The number of carbonyl (C=O) groups is 2. The lowest BCUT2D eigenvalue weighted by molar-refractivity contribution is -0.849. The Kier molecular flexibility index (Phi) is 13.2. The highest BCUT2D eigenvalue weighted by atomic mass is 16.4. The van der Waals surface area contributed by atoms with Crippen molar-refractivity contribution in [3.8, 4) is 0 Å². The van der Waals surface area contributed by atoms with E-state index < -0.39 is 22.8 Å². The normalized spacial score (nSPS) is 10.9. The van der Waals surface area contributed by atoms with Gasteiger partial charge in [-0.05, 0) is 0 Å². The number of rotatable bonds is 0. The Morgan fingerprint density at radius 1 is 0.700 bits per heavy atom. The van der Waals surface area contributed by atoms with E-state index in [2.05, 4.69) is 28.2 Å². The van der Waals surface area contributed by atoms with Gasteiger partial charge in [0.25, 0.3) is 0 Å². The van der Waals surface area contributed by atoms with E-state index in [0.29, 0.717) is 0 Å². The average molecular weight is 294 g/mol. The van der Waals surface area contributed by atoms with E-state index in [0.717, 1.165) is 4.48 Å². The summed E-state index contributed by atoms with van der Waals surface area (Å²) in [6.07, 6.45) is 0. The van der Waals surface area contributed by atoms with Gasteiger partial charge in [0.1, 0.15) is 0 Å². The first-order chi connectivity index (χ1) is 7.89. The molecule has 0 heterocycles. The number of hydrogen-bond acceptors (Lipinski definition) is 4. The monoisotopic (exact) mass is 294 g/mol. The topological polar surface area (TPSA) is 117 Å². The van der Waals surface area contributed by atoms with Gasteiger partial charge in [-0.1, -0.05) is 41.5 Å². The fourth-order valence-corrected chi connectivity index (χ4v) is 0. The Morgan fingerprint density at radius 2 is 0.750 bits per heavy atom. The minimum atomic E-state index is -1.01. The van der Waals surface area contributed by atoms with E-state index in [4.69, 9.17) is 0 Å². The summed E-state index contributed by atoms with van der Waals surface area (Å²) < 4.78 is 1.00. The molecular formula is C14H34N2O4. The highest BCUT2D eigenvalue weighted by Gasteiger charge is 2.09. The predicted molar refractivity (Wildman–Crippen MR) is 78.9 cm³/mol. The van der Waals surface area contributed by atoms with E-state index in [1.807, 2.05) is 0 Å². The molecule has 0 amide bonds. The molecule has 6 nitrogen and oxygen atoms in total. The van der Waals surface area contributed by atoms with Crippen LogP contribution in [0, 0.1) is 10.8 Å². The summed E-state index contributed by atoms with van der Waals surface area (Å²) in [6, 6.07) is 0. The van der Waals surface area contributed by atoms with Crippen molar-refractivity contribution in [3.05, 3.63) is 0 Å². The Hall–Kier alpha value is -1.14. The first-order valence-electron chi connectivity index (χ1n) is 6.11. The second-order valence-corrected chi connectivity index (χ2v) is 7.76. The minimum Gasteiger partial charge on any atom is -0.550 e. The molecule has 0 aliphatic rings. The van der Waals surface area contributed by atoms with Crippen LogP contribution in [0.5, 0.6) is 0 Å². The van der Waals surface area contributed by atoms with Crippen LogP contribution in [0.1, 0.15) is 41.5 Å². The van der Waals surface area contributed by atoms with Crippen molar-refractivity contribution < 1.29 is 24.3 Å². The van der Waals surface area contributed by atoms with Crippen molar-refractivity contribution in [1.82, 2.24) is 6.15 Å². The maximum atomic E-state index is 9.91. The summed E-state index contributed by atoms with van der Waals surface area (Å²) in [5.74, 6) is -2.01. The SMILES string of the molecule is CC(C)(C)C(=O)[O-].CC(C)(C)C(=O)[O-].C[N+](C)(C)C.[NH4+]. The lowest BCUT2D eigenvalue weighted by Crippen LogP contribution is -2.35. The molecule has 0 atom stereocenters. The second kappa shape index (κ2) is 9.72. The first-order valence-corrected chi connectivity index (χ1v) is 6.11. The van der Waals surface area contributed by atoms with E-state index in [1.54, 1.807) is 41.5 Å². The molecule has 0 spiro atoms. The van der Waals surface area contributed by atoms with Crippen LogP contribution in [0.2, 0.25) is 0 Å². The molecule has 124 valence electrons. The van der Waals surface area contributed by atoms with Crippen LogP contribution >= 0.6 is 0 Å². The smallest absolute Gasteiger partial charge is 0.0675 e. The van der Waals surface area contributed by atoms with Gasteiger partial charge in [-0.2, -0.15) is 0 Å². The van der Waals surface area contributed by atoms with Crippen LogP contribution in [0.25, 0.3) is 0 Å². The summed E-state index contributed by atoms with van der Waals surface area (Å²) in [7, 11) is 8.50. The van der Waals surface area contributed by atoms with Gasteiger partial charge in [0.2, 0.25) is 0 Å². The molecule has 0 saturated carbocycles. The number of nitrogens with zero attached hydrogens (tertiary/aromatic N) is 1.